The lowest BCUT2D eigenvalue weighted by Crippen LogP contribution is -2.32. The monoisotopic (exact) mass is 183 g/mol. The maximum Gasteiger partial charge on any atom is 0.236 e. The predicted molar refractivity (Wildman–Crippen MR) is 46.8 cm³/mol. The second-order valence-electron chi connectivity index (χ2n) is 2.88. The molecule has 0 atom stereocenters. The fourth-order valence-corrected chi connectivity index (χ4v) is 0.979. The first-order chi connectivity index (χ1) is 6.13. The fourth-order valence-electron chi connectivity index (χ4n) is 0.979. The molecule has 0 aliphatic carbocycles. The van der Waals surface area contributed by atoms with Crippen LogP contribution in [0.4, 0.5) is 0 Å². The van der Waals surface area contributed by atoms with Gasteiger partial charge in [0.2, 0.25) is 5.91 Å². The lowest BCUT2D eigenvalue weighted by molar-refractivity contribution is -0.128. The predicted octanol–water partition coefficient (Wildman–Crippen LogP) is -0.0999. The zero-order chi connectivity index (χ0) is 9.84. The summed E-state index contributed by atoms with van der Waals surface area (Å²) in [6.45, 7) is 2.27. The summed E-state index contributed by atoms with van der Waals surface area (Å²) in [4.78, 5) is 12.6. The molecule has 0 aliphatic rings. The minimum atomic E-state index is -0.111. The van der Waals surface area contributed by atoms with Crippen molar-refractivity contribution in [3.8, 4) is 0 Å². The average molecular weight is 183 g/mol. The van der Waals surface area contributed by atoms with Gasteiger partial charge < -0.3 is 15.2 Å². The third kappa shape index (κ3) is 2.55. The van der Waals surface area contributed by atoms with Crippen LogP contribution in [0.15, 0.2) is 10.6 Å². The molecule has 0 bridgehead atoms. The zero-order valence-electron chi connectivity index (χ0n) is 7.78. The Hall–Kier alpha value is -1.36. The van der Waals surface area contributed by atoms with Crippen molar-refractivity contribution in [2.45, 2.75) is 13.5 Å². The molecule has 0 saturated heterocycles. The van der Waals surface area contributed by atoms with Gasteiger partial charge in [0, 0.05) is 13.1 Å². The van der Waals surface area contributed by atoms with Crippen LogP contribution in [-0.4, -0.2) is 29.6 Å². The van der Waals surface area contributed by atoms with Gasteiger partial charge in [-0.3, -0.25) is 4.79 Å². The molecule has 1 heterocycles. The highest BCUT2D eigenvalue weighted by atomic mass is 16.5. The van der Waals surface area contributed by atoms with Crippen LogP contribution in [0.25, 0.3) is 0 Å². The quantitative estimate of drug-likeness (QED) is 0.710. The Kier molecular flexibility index (Phi) is 3.02. The molecule has 1 aromatic heterocycles. The molecule has 0 spiro atoms. The van der Waals surface area contributed by atoms with Crippen molar-refractivity contribution in [3.05, 3.63) is 17.5 Å². The lowest BCUT2D eigenvalue weighted by Gasteiger charge is -2.13. The fraction of sp³-hybridized carbons (Fsp3) is 0.500. The molecule has 0 aliphatic heterocycles. The lowest BCUT2D eigenvalue weighted by atomic mass is 10.3. The highest BCUT2D eigenvalue weighted by Crippen LogP contribution is 2.03. The van der Waals surface area contributed by atoms with E-state index in [1.165, 1.54) is 4.90 Å². The Morgan fingerprint density at radius 2 is 2.46 bits per heavy atom. The number of carbonyl (C=O) groups excluding carboxylic acids is 1. The Labute approximate surface area is 76.5 Å². The second kappa shape index (κ2) is 4.04. The third-order valence-electron chi connectivity index (χ3n) is 1.68. The molecule has 13 heavy (non-hydrogen) atoms. The van der Waals surface area contributed by atoms with Gasteiger partial charge in [0.05, 0.1) is 13.1 Å². The van der Waals surface area contributed by atoms with E-state index in [1.807, 2.05) is 0 Å². The molecule has 1 amide bonds. The number of nitrogens with zero attached hydrogens (tertiary/aromatic N) is 2. The van der Waals surface area contributed by atoms with E-state index in [0.717, 1.165) is 11.5 Å². The number of aromatic nitrogens is 1. The largest absolute Gasteiger partial charge is 0.361 e. The van der Waals surface area contributed by atoms with Gasteiger partial charge in [0.15, 0.2) is 0 Å². The normalized spacial score (nSPS) is 10.1. The van der Waals surface area contributed by atoms with E-state index in [-0.39, 0.29) is 12.5 Å². The number of aryl methyl sites for hydroxylation is 1. The summed E-state index contributed by atoms with van der Waals surface area (Å²) in [6, 6.07) is 1.79. The van der Waals surface area contributed by atoms with Crippen molar-refractivity contribution in [1.29, 1.82) is 0 Å². The number of amides is 1. The number of hydrogen-bond donors (Lipinski definition) is 1. The van der Waals surface area contributed by atoms with Crippen molar-refractivity contribution in [1.82, 2.24) is 10.1 Å². The molecule has 0 fully saturated rings. The first kappa shape index (κ1) is 9.73. The van der Waals surface area contributed by atoms with E-state index in [2.05, 4.69) is 5.16 Å². The van der Waals surface area contributed by atoms with Gasteiger partial charge >= 0.3 is 0 Å². The number of likely N-dealkylation sites (N-methyl/N-ethyl adjacent to an activating group) is 1. The Morgan fingerprint density at radius 3 is 2.92 bits per heavy atom. The molecule has 0 saturated carbocycles. The third-order valence-corrected chi connectivity index (χ3v) is 1.68. The summed E-state index contributed by atoms with van der Waals surface area (Å²) < 4.78 is 4.86. The Balaban J connectivity index is 2.54. The van der Waals surface area contributed by atoms with Crippen molar-refractivity contribution < 1.29 is 9.32 Å². The molecule has 72 valence electrons. The van der Waals surface area contributed by atoms with E-state index in [0.29, 0.717) is 6.54 Å². The van der Waals surface area contributed by atoms with E-state index in [9.17, 15) is 4.79 Å². The molecular weight excluding hydrogens is 170 g/mol. The van der Waals surface area contributed by atoms with E-state index in [1.54, 1.807) is 20.0 Å². The average Bonchev–Trinajstić information content (AvgIpc) is 2.49. The summed E-state index contributed by atoms with van der Waals surface area (Å²) in [5.41, 5.74) is 5.93. The topological polar surface area (TPSA) is 72.4 Å². The smallest absolute Gasteiger partial charge is 0.236 e. The van der Waals surface area contributed by atoms with Crippen LogP contribution in [0, 0.1) is 6.92 Å². The van der Waals surface area contributed by atoms with Crippen LogP contribution >= 0.6 is 0 Å². The van der Waals surface area contributed by atoms with Gasteiger partial charge in [-0.25, -0.2) is 0 Å². The van der Waals surface area contributed by atoms with Gasteiger partial charge in [-0.2, -0.15) is 0 Å². The van der Waals surface area contributed by atoms with Crippen LogP contribution in [0.5, 0.6) is 0 Å². The summed E-state index contributed by atoms with van der Waals surface area (Å²) in [5, 5.41) is 3.76. The molecule has 0 aromatic carbocycles. The van der Waals surface area contributed by atoms with Gasteiger partial charge in [0.1, 0.15) is 11.5 Å². The van der Waals surface area contributed by atoms with Crippen molar-refractivity contribution in [3.63, 3.8) is 0 Å². The summed E-state index contributed by atoms with van der Waals surface area (Å²) >= 11 is 0. The molecule has 0 unspecified atom stereocenters. The molecule has 5 nitrogen and oxygen atoms in total. The number of nitrogens with two attached hydrogens (primary N) is 1. The van der Waals surface area contributed by atoms with Crippen molar-refractivity contribution in [2.75, 3.05) is 13.6 Å². The van der Waals surface area contributed by atoms with Crippen LogP contribution in [-0.2, 0) is 11.3 Å². The maximum absolute atomic E-state index is 11.1. The minimum absolute atomic E-state index is 0.0212. The van der Waals surface area contributed by atoms with Gasteiger partial charge in [-0.15, -0.1) is 0 Å². The van der Waals surface area contributed by atoms with E-state index < -0.39 is 0 Å². The summed E-state index contributed by atoms with van der Waals surface area (Å²) in [7, 11) is 1.68. The van der Waals surface area contributed by atoms with Crippen LogP contribution in [0.1, 0.15) is 11.5 Å². The minimum Gasteiger partial charge on any atom is -0.361 e. The van der Waals surface area contributed by atoms with E-state index >= 15 is 0 Å². The van der Waals surface area contributed by atoms with Gasteiger partial charge in [-0.1, -0.05) is 5.16 Å². The maximum atomic E-state index is 11.1. The van der Waals surface area contributed by atoms with Crippen LogP contribution in [0.3, 0.4) is 0 Å². The van der Waals surface area contributed by atoms with Crippen LogP contribution in [0.2, 0.25) is 0 Å². The van der Waals surface area contributed by atoms with E-state index in [4.69, 9.17) is 10.3 Å². The summed E-state index contributed by atoms with van der Waals surface area (Å²) in [5.74, 6) is 0.629. The number of hydrogen-bond acceptors (Lipinski definition) is 4. The number of rotatable bonds is 3. The van der Waals surface area contributed by atoms with Crippen molar-refractivity contribution in [2.24, 2.45) is 5.73 Å². The number of carbonyl (C=O) groups is 1. The van der Waals surface area contributed by atoms with Gasteiger partial charge in [-0.05, 0) is 6.92 Å². The molecule has 2 N–H and O–H groups in total. The standard InChI is InChI=1S/C8H13N3O2/c1-6-3-7(10-13-6)5-11(2)8(12)4-9/h3H,4-5,9H2,1-2H3. The van der Waals surface area contributed by atoms with Gasteiger partial charge in [0.25, 0.3) is 0 Å². The van der Waals surface area contributed by atoms with Crippen molar-refractivity contribution >= 4 is 5.91 Å². The molecule has 0 radical (unpaired) electrons. The zero-order valence-corrected chi connectivity index (χ0v) is 7.78. The molecular formula is C8H13N3O2. The molecule has 5 heteroatoms. The Bertz CT molecular complexity index is 295. The molecule has 1 aromatic rings. The highest BCUT2D eigenvalue weighted by molar-refractivity contribution is 5.77. The van der Waals surface area contributed by atoms with Crippen LogP contribution < -0.4 is 5.73 Å². The first-order valence-corrected chi connectivity index (χ1v) is 3.99. The highest BCUT2D eigenvalue weighted by Gasteiger charge is 2.08. The first-order valence-electron chi connectivity index (χ1n) is 3.99. The molecule has 1 rings (SSSR count). The SMILES string of the molecule is Cc1cc(CN(C)C(=O)CN)no1. The Morgan fingerprint density at radius 1 is 1.77 bits per heavy atom. The second-order valence-corrected chi connectivity index (χ2v) is 2.88. The summed E-state index contributed by atoms with van der Waals surface area (Å²) in [6.07, 6.45) is 0.